The lowest BCUT2D eigenvalue weighted by molar-refractivity contribution is -0.152. The van der Waals surface area contributed by atoms with Gasteiger partial charge in [0.05, 0.1) is 13.0 Å². The van der Waals surface area contributed by atoms with Crippen LogP contribution in [0.2, 0.25) is 0 Å². The number of esters is 1. The zero-order chi connectivity index (χ0) is 19.3. The molecule has 1 atom stereocenters. The van der Waals surface area contributed by atoms with E-state index in [1.165, 1.54) is 0 Å². The van der Waals surface area contributed by atoms with E-state index in [1.54, 1.807) is 11.8 Å². The number of aliphatic hydroxyl groups excluding tert-OH is 1. The van der Waals surface area contributed by atoms with Crippen molar-refractivity contribution in [2.45, 2.75) is 46.1 Å². The van der Waals surface area contributed by atoms with Crippen molar-refractivity contribution in [3.63, 3.8) is 0 Å². The lowest BCUT2D eigenvalue weighted by Gasteiger charge is -2.36. The highest BCUT2D eigenvalue weighted by atomic mass is 16.5. The number of anilines is 1. The van der Waals surface area contributed by atoms with Crippen LogP contribution < -0.4 is 4.90 Å². The Hall–Kier alpha value is -2.22. The van der Waals surface area contributed by atoms with Gasteiger partial charge in [0.15, 0.2) is 0 Å². The molecule has 1 amide bonds. The minimum Gasteiger partial charge on any atom is -0.466 e. The lowest BCUT2D eigenvalue weighted by Crippen LogP contribution is -2.52. The molecule has 0 aliphatic carbocycles. The number of aliphatic hydroxyl groups is 1. The fraction of sp³-hybridized carbons (Fsp3) is 0.667. The summed E-state index contributed by atoms with van der Waals surface area (Å²) in [5, 5.41) is 9.96. The van der Waals surface area contributed by atoms with Gasteiger partial charge in [0, 0.05) is 43.9 Å². The largest absolute Gasteiger partial charge is 0.466 e. The van der Waals surface area contributed by atoms with Crippen LogP contribution >= 0.6 is 0 Å². The number of carbonyl (C=O) groups is 2. The number of hydrogen-bond donors (Lipinski definition) is 1. The van der Waals surface area contributed by atoms with Gasteiger partial charge in [-0.05, 0) is 13.8 Å². The molecule has 1 aliphatic heterocycles. The first-order chi connectivity index (χ1) is 12.3. The van der Waals surface area contributed by atoms with Crippen LogP contribution in [-0.2, 0) is 14.3 Å². The van der Waals surface area contributed by atoms with Crippen molar-refractivity contribution in [2.75, 3.05) is 37.7 Å². The number of rotatable bonds is 6. The monoisotopic (exact) mass is 364 g/mol. The molecule has 1 N–H and O–H groups in total. The fourth-order valence-corrected chi connectivity index (χ4v) is 2.83. The predicted molar refractivity (Wildman–Crippen MR) is 96.9 cm³/mol. The number of nitrogens with zero attached hydrogens (tertiary/aromatic N) is 4. The van der Waals surface area contributed by atoms with Crippen LogP contribution in [0, 0.1) is 6.92 Å². The van der Waals surface area contributed by atoms with Gasteiger partial charge in [0.1, 0.15) is 17.7 Å². The highest BCUT2D eigenvalue weighted by molar-refractivity contribution is 5.85. The van der Waals surface area contributed by atoms with E-state index >= 15 is 0 Å². The Morgan fingerprint density at radius 3 is 2.46 bits per heavy atom. The quantitative estimate of drug-likeness (QED) is 0.748. The molecule has 0 bridgehead atoms. The van der Waals surface area contributed by atoms with E-state index in [-0.39, 0.29) is 18.9 Å². The first-order valence-electron chi connectivity index (χ1n) is 9.04. The molecular formula is C18H28N4O4. The van der Waals surface area contributed by atoms with Gasteiger partial charge in [-0.15, -0.1) is 0 Å². The van der Waals surface area contributed by atoms with E-state index < -0.39 is 18.0 Å². The van der Waals surface area contributed by atoms with Gasteiger partial charge in [0.25, 0.3) is 5.91 Å². The minimum atomic E-state index is -1.35. The van der Waals surface area contributed by atoms with Crippen molar-refractivity contribution < 1.29 is 19.4 Å². The Morgan fingerprint density at radius 1 is 1.23 bits per heavy atom. The zero-order valence-corrected chi connectivity index (χ0v) is 15.9. The van der Waals surface area contributed by atoms with Crippen LogP contribution in [0.3, 0.4) is 0 Å². The van der Waals surface area contributed by atoms with Crippen molar-refractivity contribution >= 4 is 17.7 Å². The predicted octanol–water partition coefficient (Wildman–Crippen LogP) is 0.871. The molecular weight excluding hydrogens is 336 g/mol. The van der Waals surface area contributed by atoms with Crippen molar-refractivity contribution in [1.29, 1.82) is 0 Å². The molecule has 8 heteroatoms. The van der Waals surface area contributed by atoms with Gasteiger partial charge >= 0.3 is 5.97 Å². The Bertz CT molecular complexity index is 642. The number of aryl methyl sites for hydroxylation is 1. The van der Waals surface area contributed by atoms with Crippen LogP contribution in [0.25, 0.3) is 0 Å². The maximum absolute atomic E-state index is 12.3. The Labute approximate surface area is 154 Å². The molecule has 0 saturated carbocycles. The van der Waals surface area contributed by atoms with E-state index in [2.05, 4.69) is 28.7 Å². The molecule has 1 saturated heterocycles. The number of ether oxygens (including phenoxy) is 1. The van der Waals surface area contributed by atoms with Gasteiger partial charge in [-0.1, -0.05) is 13.8 Å². The van der Waals surface area contributed by atoms with Crippen molar-refractivity contribution in [3.05, 3.63) is 17.6 Å². The van der Waals surface area contributed by atoms with E-state index in [1.807, 2.05) is 13.0 Å². The summed E-state index contributed by atoms with van der Waals surface area (Å²) >= 11 is 0. The van der Waals surface area contributed by atoms with Crippen LogP contribution in [0.15, 0.2) is 6.07 Å². The summed E-state index contributed by atoms with van der Waals surface area (Å²) in [5.74, 6) is 0.919. The molecule has 1 aliphatic rings. The Kier molecular flexibility index (Phi) is 6.90. The maximum Gasteiger partial charge on any atom is 0.308 e. The highest BCUT2D eigenvalue weighted by Gasteiger charge is 2.28. The smallest absolute Gasteiger partial charge is 0.308 e. The van der Waals surface area contributed by atoms with Crippen LogP contribution in [0.1, 0.15) is 44.6 Å². The van der Waals surface area contributed by atoms with Crippen LogP contribution in [0.4, 0.5) is 5.82 Å². The fourth-order valence-electron chi connectivity index (χ4n) is 2.83. The van der Waals surface area contributed by atoms with E-state index in [0.717, 1.165) is 17.3 Å². The van der Waals surface area contributed by atoms with Crippen LogP contribution in [0.5, 0.6) is 0 Å². The minimum absolute atomic E-state index is 0.231. The molecule has 0 radical (unpaired) electrons. The lowest BCUT2D eigenvalue weighted by atomic mass is 10.2. The van der Waals surface area contributed by atoms with Gasteiger partial charge < -0.3 is 19.6 Å². The number of carbonyl (C=O) groups excluding carboxylic acids is 2. The summed E-state index contributed by atoms with van der Waals surface area (Å²) in [6.07, 6.45) is -1.66. The number of piperazine rings is 1. The second-order valence-electron chi connectivity index (χ2n) is 6.72. The zero-order valence-electron chi connectivity index (χ0n) is 15.9. The molecule has 2 rings (SSSR count). The average molecular weight is 364 g/mol. The molecule has 1 aromatic rings. The standard InChI is InChI=1S/C18H28N4O4/c1-5-26-16(24)11-14(23)18(25)22-8-6-21(7-9-22)15-10-13(4)19-17(20-15)12(2)3/h10,12,14,23H,5-9,11H2,1-4H3. The first-order valence-corrected chi connectivity index (χ1v) is 9.04. The molecule has 1 fully saturated rings. The molecule has 1 unspecified atom stereocenters. The summed E-state index contributed by atoms with van der Waals surface area (Å²) < 4.78 is 4.77. The van der Waals surface area contributed by atoms with E-state index in [0.29, 0.717) is 26.2 Å². The molecule has 0 spiro atoms. The van der Waals surface area contributed by atoms with Gasteiger partial charge in [-0.3, -0.25) is 9.59 Å². The number of amides is 1. The summed E-state index contributed by atoms with van der Waals surface area (Å²) in [4.78, 5) is 36.5. The molecule has 1 aromatic heterocycles. The summed E-state index contributed by atoms with van der Waals surface area (Å²) in [7, 11) is 0. The van der Waals surface area contributed by atoms with Crippen LogP contribution in [-0.4, -0.2) is 70.7 Å². The molecule has 26 heavy (non-hydrogen) atoms. The van der Waals surface area contributed by atoms with Crippen molar-refractivity contribution in [1.82, 2.24) is 14.9 Å². The topological polar surface area (TPSA) is 95.9 Å². The third kappa shape index (κ3) is 5.14. The third-order valence-electron chi connectivity index (χ3n) is 4.24. The van der Waals surface area contributed by atoms with Gasteiger partial charge in [-0.2, -0.15) is 0 Å². The van der Waals surface area contributed by atoms with Gasteiger partial charge in [0.2, 0.25) is 0 Å². The van der Waals surface area contributed by atoms with Crippen molar-refractivity contribution in [2.24, 2.45) is 0 Å². The summed E-state index contributed by atoms with van der Waals surface area (Å²) in [6, 6.07) is 1.94. The summed E-state index contributed by atoms with van der Waals surface area (Å²) in [6.45, 7) is 10.2. The molecule has 144 valence electrons. The summed E-state index contributed by atoms with van der Waals surface area (Å²) in [5.41, 5.74) is 0.919. The number of hydrogen-bond acceptors (Lipinski definition) is 7. The highest BCUT2D eigenvalue weighted by Crippen LogP contribution is 2.19. The SMILES string of the molecule is CCOC(=O)CC(O)C(=O)N1CCN(c2cc(C)nc(C(C)C)n2)CC1. The molecule has 8 nitrogen and oxygen atoms in total. The molecule has 2 heterocycles. The Morgan fingerprint density at radius 2 is 1.88 bits per heavy atom. The van der Waals surface area contributed by atoms with E-state index in [9.17, 15) is 14.7 Å². The third-order valence-corrected chi connectivity index (χ3v) is 4.24. The van der Waals surface area contributed by atoms with Gasteiger partial charge in [-0.25, -0.2) is 9.97 Å². The second kappa shape index (κ2) is 8.93. The second-order valence-corrected chi connectivity index (χ2v) is 6.72. The van der Waals surface area contributed by atoms with Crippen molar-refractivity contribution in [3.8, 4) is 0 Å². The first kappa shape index (κ1) is 20.1. The number of aromatic nitrogens is 2. The van der Waals surface area contributed by atoms with E-state index in [4.69, 9.17) is 4.74 Å². The Balaban J connectivity index is 1.94. The molecule has 0 aromatic carbocycles. The maximum atomic E-state index is 12.3. The normalized spacial score (nSPS) is 15.9. The average Bonchev–Trinajstić information content (AvgIpc) is 2.60.